The number of carbonyl (C=O) groups excluding carboxylic acids is 1. The smallest absolute Gasteiger partial charge is 0.326 e. The van der Waals surface area contributed by atoms with Gasteiger partial charge in [0.2, 0.25) is 0 Å². The first-order valence-corrected chi connectivity index (χ1v) is 12.7. The topological polar surface area (TPSA) is 95.9 Å². The number of benzene rings is 2. The van der Waals surface area contributed by atoms with Crippen molar-refractivity contribution in [2.45, 2.75) is 56.3 Å². The van der Waals surface area contributed by atoms with Crippen LogP contribution in [0.2, 0.25) is 10.0 Å². The van der Waals surface area contributed by atoms with Crippen LogP contribution in [-0.4, -0.2) is 46.1 Å². The average molecular weight is 528 g/mol. The number of ether oxygens (including phenoxy) is 1. The van der Waals surface area contributed by atoms with Crippen LogP contribution in [0.4, 0.5) is 0 Å². The Hall–Kier alpha value is -1.93. The number of halogens is 2. The molecule has 0 heterocycles. The number of carboxylic acid groups (broad SMARTS) is 1. The maximum absolute atomic E-state index is 13.3. The molecule has 9 heteroatoms. The quantitative estimate of drug-likeness (QED) is 0.350. The van der Waals surface area contributed by atoms with Gasteiger partial charge in [-0.3, -0.25) is 4.79 Å². The van der Waals surface area contributed by atoms with Crippen LogP contribution in [0.3, 0.4) is 0 Å². The van der Waals surface area contributed by atoms with E-state index in [-0.39, 0.29) is 18.8 Å². The second-order valence-electron chi connectivity index (χ2n) is 8.64. The minimum atomic E-state index is -1.75. The summed E-state index contributed by atoms with van der Waals surface area (Å²) in [5, 5.41) is 23.9. The highest BCUT2D eigenvalue weighted by Crippen LogP contribution is 2.32. The molecular formula is C25H31Cl2NO5S. The molecule has 3 atom stereocenters. The van der Waals surface area contributed by atoms with Gasteiger partial charge in [0.1, 0.15) is 11.8 Å². The van der Waals surface area contributed by atoms with E-state index in [0.717, 1.165) is 11.3 Å². The number of aliphatic hydroxyl groups is 1. The second kappa shape index (κ2) is 12.7. The number of hydrogen-bond acceptors (Lipinski definition) is 5. The Morgan fingerprint density at radius 3 is 2.21 bits per heavy atom. The SMILES string of the molecule is COc1ccc(CSC(C)[C@@](O)(CC(C)C)C(=O)NC(Cc2ccc(Cl)c(Cl)c2)C(=O)O)cc1. The van der Waals surface area contributed by atoms with Gasteiger partial charge in [0.15, 0.2) is 5.60 Å². The maximum atomic E-state index is 13.3. The number of thioether (sulfide) groups is 1. The summed E-state index contributed by atoms with van der Waals surface area (Å²) >= 11 is 13.4. The molecule has 0 aliphatic rings. The zero-order valence-electron chi connectivity index (χ0n) is 19.7. The first-order valence-electron chi connectivity index (χ1n) is 10.9. The van der Waals surface area contributed by atoms with Gasteiger partial charge in [0.05, 0.1) is 17.2 Å². The Balaban J connectivity index is 2.16. The van der Waals surface area contributed by atoms with Crippen LogP contribution in [0, 0.1) is 5.92 Å². The van der Waals surface area contributed by atoms with Gasteiger partial charge in [-0.15, -0.1) is 0 Å². The number of rotatable bonds is 12. The number of hydrogen-bond donors (Lipinski definition) is 3. The van der Waals surface area contributed by atoms with Crippen LogP contribution < -0.4 is 10.1 Å². The predicted octanol–water partition coefficient (Wildman–Crippen LogP) is 5.21. The standard InChI is InChI=1S/C25H31Cl2NO5S/c1-15(2)13-25(32,16(3)34-14-17-5-8-19(33-4)9-6-17)24(31)28-22(23(29)30)12-18-7-10-20(26)21(27)11-18/h5-11,15-16,22,32H,12-14H2,1-4H3,(H,28,31)(H,29,30)/t16?,22?,25-/m0/s1. The molecule has 0 saturated heterocycles. The van der Waals surface area contributed by atoms with Gasteiger partial charge in [0.25, 0.3) is 5.91 Å². The highest BCUT2D eigenvalue weighted by Gasteiger charge is 2.43. The zero-order chi connectivity index (χ0) is 25.5. The molecule has 2 rings (SSSR count). The van der Waals surface area contributed by atoms with Crippen molar-refractivity contribution < 1.29 is 24.5 Å². The summed E-state index contributed by atoms with van der Waals surface area (Å²) in [5.74, 6) is -0.574. The van der Waals surface area contributed by atoms with Crippen molar-refractivity contribution in [2.75, 3.05) is 7.11 Å². The molecule has 0 aliphatic carbocycles. The molecule has 186 valence electrons. The first kappa shape index (κ1) is 28.3. The molecule has 0 aliphatic heterocycles. The van der Waals surface area contributed by atoms with Gasteiger partial charge in [0, 0.05) is 17.4 Å². The lowest BCUT2D eigenvalue weighted by molar-refractivity contribution is -0.148. The molecule has 0 saturated carbocycles. The minimum Gasteiger partial charge on any atom is -0.497 e. The predicted molar refractivity (Wildman–Crippen MR) is 138 cm³/mol. The van der Waals surface area contributed by atoms with Crippen LogP contribution in [0.15, 0.2) is 42.5 Å². The highest BCUT2D eigenvalue weighted by atomic mass is 35.5. The van der Waals surface area contributed by atoms with Crippen molar-refractivity contribution in [1.82, 2.24) is 5.32 Å². The Morgan fingerprint density at radius 1 is 1.06 bits per heavy atom. The summed E-state index contributed by atoms with van der Waals surface area (Å²) in [6.45, 7) is 5.60. The molecule has 34 heavy (non-hydrogen) atoms. The molecule has 1 amide bonds. The highest BCUT2D eigenvalue weighted by molar-refractivity contribution is 7.99. The molecule has 0 fully saturated rings. The van der Waals surface area contributed by atoms with E-state index in [0.29, 0.717) is 21.4 Å². The molecule has 0 aromatic heterocycles. The molecule has 6 nitrogen and oxygen atoms in total. The van der Waals surface area contributed by atoms with Gasteiger partial charge in [-0.05, 0) is 54.7 Å². The van der Waals surface area contributed by atoms with Crippen LogP contribution in [0.5, 0.6) is 5.75 Å². The Bertz CT molecular complexity index is 986. The number of carbonyl (C=O) groups is 2. The lowest BCUT2D eigenvalue weighted by Crippen LogP contribution is -2.57. The monoisotopic (exact) mass is 527 g/mol. The van der Waals surface area contributed by atoms with Crippen LogP contribution in [0.25, 0.3) is 0 Å². The van der Waals surface area contributed by atoms with Crippen LogP contribution >= 0.6 is 35.0 Å². The van der Waals surface area contributed by atoms with Crippen molar-refractivity contribution in [3.05, 3.63) is 63.6 Å². The number of amides is 1. The van der Waals surface area contributed by atoms with Crippen molar-refractivity contribution >= 4 is 46.8 Å². The molecule has 0 spiro atoms. The van der Waals surface area contributed by atoms with Gasteiger partial charge in [-0.1, -0.05) is 55.2 Å². The molecule has 3 N–H and O–H groups in total. The van der Waals surface area contributed by atoms with Gasteiger partial charge >= 0.3 is 5.97 Å². The van der Waals surface area contributed by atoms with E-state index in [1.54, 1.807) is 32.2 Å². The van der Waals surface area contributed by atoms with E-state index in [9.17, 15) is 19.8 Å². The summed E-state index contributed by atoms with van der Waals surface area (Å²) in [7, 11) is 1.60. The summed E-state index contributed by atoms with van der Waals surface area (Å²) in [5.41, 5.74) is -0.124. The number of nitrogens with one attached hydrogen (secondary N) is 1. The van der Waals surface area contributed by atoms with E-state index in [1.807, 2.05) is 38.1 Å². The fourth-order valence-corrected chi connectivity index (χ4v) is 4.97. The third kappa shape index (κ3) is 7.80. The normalized spacial score (nSPS) is 14.8. The summed E-state index contributed by atoms with van der Waals surface area (Å²) in [6.07, 6.45) is 0.192. The number of aliphatic carboxylic acids is 1. The van der Waals surface area contributed by atoms with E-state index >= 15 is 0 Å². The largest absolute Gasteiger partial charge is 0.497 e. The lowest BCUT2D eigenvalue weighted by atomic mass is 9.88. The fraction of sp³-hybridized carbons (Fsp3) is 0.440. The molecule has 2 aromatic carbocycles. The third-order valence-corrected chi connectivity index (χ3v) is 7.60. The summed E-state index contributed by atoms with van der Waals surface area (Å²) in [6, 6.07) is 11.1. The van der Waals surface area contributed by atoms with E-state index < -0.39 is 28.8 Å². The van der Waals surface area contributed by atoms with Gasteiger partial charge in [-0.25, -0.2) is 4.79 Å². The zero-order valence-corrected chi connectivity index (χ0v) is 22.0. The molecule has 0 radical (unpaired) electrons. The summed E-state index contributed by atoms with van der Waals surface area (Å²) in [4.78, 5) is 25.2. The Kier molecular flexibility index (Phi) is 10.6. The second-order valence-corrected chi connectivity index (χ2v) is 10.8. The minimum absolute atomic E-state index is 0.00307. The van der Waals surface area contributed by atoms with Gasteiger partial charge < -0.3 is 20.3 Å². The van der Waals surface area contributed by atoms with Crippen LogP contribution in [0.1, 0.15) is 38.3 Å². The Labute approximate surface area is 215 Å². The molecular weight excluding hydrogens is 497 g/mol. The molecule has 0 bridgehead atoms. The third-order valence-electron chi connectivity index (χ3n) is 5.47. The Morgan fingerprint density at radius 2 is 1.68 bits per heavy atom. The fourth-order valence-electron chi connectivity index (χ4n) is 3.53. The van der Waals surface area contributed by atoms with Crippen molar-refractivity contribution in [3.63, 3.8) is 0 Å². The maximum Gasteiger partial charge on any atom is 0.326 e. The van der Waals surface area contributed by atoms with Gasteiger partial charge in [-0.2, -0.15) is 11.8 Å². The van der Waals surface area contributed by atoms with Crippen molar-refractivity contribution in [2.24, 2.45) is 5.92 Å². The summed E-state index contributed by atoms with van der Waals surface area (Å²) < 4.78 is 5.17. The van der Waals surface area contributed by atoms with Crippen molar-refractivity contribution in [3.8, 4) is 5.75 Å². The lowest BCUT2D eigenvalue weighted by Gasteiger charge is -2.35. The average Bonchev–Trinajstić information content (AvgIpc) is 2.78. The first-order chi connectivity index (χ1) is 16.0. The molecule has 2 aromatic rings. The van der Waals surface area contributed by atoms with E-state index in [4.69, 9.17) is 27.9 Å². The number of methoxy groups -OCH3 is 1. The van der Waals surface area contributed by atoms with Crippen molar-refractivity contribution in [1.29, 1.82) is 0 Å². The number of carboxylic acids is 1. The van der Waals surface area contributed by atoms with E-state index in [2.05, 4.69) is 5.32 Å². The van der Waals surface area contributed by atoms with Crippen LogP contribution in [-0.2, 0) is 21.8 Å². The molecule has 2 unspecified atom stereocenters. The van der Waals surface area contributed by atoms with E-state index in [1.165, 1.54) is 11.8 Å².